The summed E-state index contributed by atoms with van der Waals surface area (Å²) in [6.07, 6.45) is -0.556. The van der Waals surface area contributed by atoms with Gasteiger partial charge < -0.3 is 9.84 Å². The normalized spacial score (nSPS) is 19.9. The van der Waals surface area contributed by atoms with Gasteiger partial charge >= 0.3 is 6.09 Å². The molecule has 8 heteroatoms. The van der Waals surface area contributed by atoms with Gasteiger partial charge in [0.2, 0.25) is 9.84 Å². The van der Waals surface area contributed by atoms with E-state index in [0.29, 0.717) is 17.2 Å². The van der Waals surface area contributed by atoms with E-state index in [2.05, 4.69) is 0 Å². The van der Waals surface area contributed by atoms with Gasteiger partial charge in [0, 0.05) is 0 Å². The summed E-state index contributed by atoms with van der Waals surface area (Å²) in [6, 6.07) is 9.57. The van der Waals surface area contributed by atoms with Crippen LogP contribution in [0, 0.1) is 0 Å². The van der Waals surface area contributed by atoms with Crippen LogP contribution in [0.4, 0.5) is 4.79 Å². The van der Waals surface area contributed by atoms with Crippen LogP contribution in [-0.2, 0) is 21.0 Å². The minimum absolute atomic E-state index is 0.233. The average molecular weight is 381 g/mol. The van der Waals surface area contributed by atoms with E-state index in [1.165, 1.54) is 16.2 Å². The molecule has 1 aliphatic heterocycles. The van der Waals surface area contributed by atoms with Crippen molar-refractivity contribution >= 4 is 27.3 Å². The van der Waals surface area contributed by atoms with Crippen LogP contribution in [0.1, 0.15) is 19.4 Å². The highest BCUT2D eigenvalue weighted by Crippen LogP contribution is 2.30. The first-order valence-corrected chi connectivity index (χ1v) is 10.1. The first-order valence-electron chi connectivity index (χ1n) is 7.75. The molecule has 0 radical (unpaired) electrons. The molecule has 1 N–H and O–H groups in total. The van der Waals surface area contributed by atoms with Crippen molar-refractivity contribution in [2.24, 2.45) is 0 Å². The number of nitrogens with zero attached hydrogens (tertiary/aromatic N) is 1. The quantitative estimate of drug-likeness (QED) is 0.879. The summed E-state index contributed by atoms with van der Waals surface area (Å²) in [5, 5.41) is 11.1. The second kappa shape index (κ2) is 6.44. The van der Waals surface area contributed by atoms with Crippen LogP contribution in [0.3, 0.4) is 0 Å². The smallest absolute Gasteiger partial charge is 0.409 e. The lowest BCUT2D eigenvalue weighted by Gasteiger charge is -2.31. The SMILES string of the molecule is CC1(C)OCC(Cc2ccc(S(=O)(=O)c3cccs3)cc2)N1C(=O)O. The van der Waals surface area contributed by atoms with Gasteiger partial charge in [0.15, 0.2) is 0 Å². The van der Waals surface area contributed by atoms with Crippen molar-refractivity contribution in [1.29, 1.82) is 0 Å². The molecule has 2 heterocycles. The van der Waals surface area contributed by atoms with Crippen molar-refractivity contribution < 1.29 is 23.1 Å². The zero-order valence-electron chi connectivity index (χ0n) is 13.9. The van der Waals surface area contributed by atoms with E-state index in [1.54, 1.807) is 55.6 Å². The molecule has 25 heavy (non-hydrogen) atoms. The molecule has 1 amide bonds. The van der Waals surface area contributed by atoms with E-state index < -0.39 is 21.7 Å². The van der Waals surface area contributed by atoms with Crippen LogP contribution in [0.2, 0.25) is 0 Å². The average Bonchev–Trinajstić information content (AvgIpc) is 3.16. The second-order valence-electron chi connectivity index (χ2n) is 6.35. The van der Waals surface area contributed by atoms with Crippen LogP contribution >= 0.6 is 11.3 Å². The Morgan fingerprint density at radius 2 is 2.00 bits per heavy atom. The molecule has 6 nitrogen and oxygen atoms in total. The number of thiophene rings is 1. The van der Waals surface area contributed by atoms with Gasteiger partial charge in [0.1, 0.15) is 9.93 Å². The fraction of sp³-hybridized carbons (Fsp3) is 0.353. The number of ether oxygens (including phenoxy) is 1. The van der Waals surface area contributed by atoms with E-state index in [-0.39, 0.29) is 10.9 Å². The van der Waals surface area contributed by atoms with E-state index in [4.69, 9.17) is 4.74 Å². The van der Waals surface area contributed by atoms with Crippen molar-refractivity contribution in [2.45, 2.75) is 41.1 Å². The maximum absolute atomic E-state index is 12.5. The Morgan fingerprint density at radius 1 is 1.32 bits per heavy atom. The second-order valence-corrected chi connectivity index (χ2v) is 9.47. The van der Waals surface area contributed by atoms with Crippen LogP contribution in [0.5, 0.6) is 0 Å². The molecule has 3 rings (SSSR count). The van der Waals surface area contributed by atoms with Crippen LogP contribution in [0.15, 0.2) is 50.9 Å². The molecule has 1 aliphatic rings. The first-order chi connectivity index (χ1) is 11.7. The molecule has 134 valence electrons. The number of benzene rings is 1. The van der Waals surface area contributed by atoms with Crippen molar-refractivity contribution in [3.05, 3.63) is 47.3 Å². The number of hydrogen-bond acceptors (Lipinski definition) is 5. The molecule has 1 unspecified atom stereocenters. The fourth-order valence-corrected chi connectivity index (χ4v) is 5.42. The van der Waals surface area contributed by atoms with E-state index in [9.17, 15) is 18.3 Å². The Morgan fingerprint density at radius 3 is 2.56 bits per heavy atom. The lowest BCUT2D eigenvalue weighted by molar-refractivity contribution is -0.0419. The Labute approximate surface area is 150 Å². The van der Waals surface area contributed by atoms with Crippen LogP contribution in [-0.4, -0.2) is 42.9 Å². The third-order valence-electron chi connectivity index (χ3n) is 4.25. The number of carboxylic acid groups (broad SMARTS) is 1. The summed E-state index contributed by atoms with van der Waals surface area (Å²) in [6.45, 7) is 3.75. The molecule has 1 fully saturated rings. The van der Waals surface area contributed by atoms with Crippen molar-refractivity contribution in [2.75, 3.05) is 6.61 Å². The summed E-state index contributed by atoms with van der Waals surface area (Å²) >= 11 is 1.18. The maximum atomic E-state index is 12.5. The Kier molecular flexibility index (Phi) is 4.61. The van der Waals surface area contributed by atoms with Gasteiger partial charge in [-0.05, 0) is 49.4 Å². The third-order valence-corrected chi connectivity index (χ3v) is 7.41. The van der Waals surface area contributed by atoms with Gasteiger partial charge in [-0.25, -0.2) is 13.2 Å². The summed E-state index contributed by atoms with van der Waals surface area (Å²) in [4.78, 5) is 13.0. The topological polar surface area (TPSA) is 83.9 Å². The highest BCUT2D eigenvalue weighted by molar-refractivity contribution is 7.93. The Bertz CT molecular complexity index is 857. The summed E-state index contributed by atoms with van der Waals surface area (Å²) < 4.78 is 30.8. The van der Waals surface area contributed by atoms with Crippen molar-refractivity contribution in [3.8, 4) is 0 Å². The highest BCUT2D eigenvalue weighted by atomic mass is 32.2. The predicted octanol–water partition coefficient (Wildman–Crippen LogP) is 3.24. The van der Waals surface area contributed by atoms with Crippen molar-refractivity contribution in [3.63, 3.8) is 0 Å². The minimum Gasteiger partial charge on any atom is -0.465 e. The summed E-state index contributed by atoms with van der Waals surface area (Å²) in [5.41, 5.74) is 0.00144. The zero-order valence-corrected chi connectivity index (χ0v) is 15.5. The zero-order chi connectivity index (χ0) is 18.2. The first kappa shape index (κ1) is 17.9. The Hall–Kier alpha value is -1.90. The maximum Gasteiger partial charge on any atom is 0.409 e. The number of hydrogen-bond donors (Lipinski definition) is 1. The van der Waals surface area contributed by atoms with E-state index in [1.807, 2.05) is 0 Å². The molecular weight excluding hydrogens is 362 g/mol. The summed E-state index contributed by atoms with van der Waals surface area (Å²) in [7, 11) is -3.49. The number of carbonyl (C=O) groups is 1. The van der Waals surface area contributed by atoms with Crippen LogP contribution in [0.25, 0.3) is 0 Å². The highest BCUT2D eigenvalue weighted by Gasteiger charge is 2.43. The molecular formula is C17H19NO5S2. The molecule has 2 aromatic rings. The van der Waals surface area contributed by atoms with Gasteiger partial charge in [-0.2, -0.15) is 0 Å². The fourth-order valence-electron chi connectivity index (χ4n) is 3.03. The van der Waals surface area contributed by atoms with Crippen LogP contribution < -0.4 is 0 Å². The molecule has 1 aromatic heterocycles. The van der Waals surface area contributed by atoms with Gasteiger partial charge in [0.05, 0.1) is 17.5 Å². The van der Waals surface area contributed by atoms with Gasteiger partial charge in [-0.3, -0.25) is 4.90 Å². The van der Waals surface area contributed by atoms with Gasteiger partial charge in [0.25, 0.3) is 0 Å². The lowest BCUT2D eigenvalue weighted by Crippen LogP contribution is -2.47. The Balaban J connectivity index is 1.79. The number of sulfone groups is 1. The largest absolute Gasteiger partial charge is 0.465 e. The molecule has 0 aliphatic carbocycles. The molecule has 0 bridgehead atoms. The monoisotopic (exact) mass is 381 g/mol. The molecule has 0 saturated carbocycles. The molecule has 1 saturated heterocycles. The minimum atomic E-state index is -3.49. The number of rotatable bonds is 4. The molecule has 1 atom stereocenters. The molecule has 1 aromatic carbocycles. The van der Waals surface area contributed by atoms with Gasteiger partial charge in [-0.1, -0.05) is 18.2 Å². The summed E-state index contributed by atoms with van der Waals surface area (Å²) in [5.74, 6) is 0. The van der Waals surface area contributed by atoms with Crippen molar-refractivity contribution in [1.82, 2.24) is 4.90 Å². The molecule has 0 spiro atoms. The number of amides is 1. The van der Waals surface area contributed by atoms with E-state index in [0.717, 1.165) is 5.56 Å². The van der Waals surface area contributed by atoms with Gasteiger partial charge in [-0.15, -0.1) is 11.3 Å². The lowest BCUT2D eigenvalue weighted by atomic mass is 10.1. The third kappa shape index (κ3) is 3.42. The predicted molar refractivity (Wildman–Crippen MR) is 93.6 cm³/mol. The van der Waals surface area contributed by atoms with E-state index >= 15 is 0 Å². The standard InChI is InChI=1S/C17H19NO5S2/c1-17(2)18(16(19)20)13(11-23-17)10-12-5-7-14(8-6-12)25(21,22)15-4-3-9-24-15/h3-9,13H,10-11H2,1-2H3,(H,19,20).